The van der Waals surface area contributed by atoms with Crippen LogP contribution >= 0.6 is 0 Å². The fourth-order valence-corrected chi connectivity index (χ4v) is 7.69. The normalized spacial score (nSPS) is 20.6. The second kappa shape index (κ2) is 12.0. The number of esters is 1. The van der Waals surface area contributed by atoms with Gasteiger partial charge in [-0.25, -0.2) is 22.0 Å². The minimum atomic E-state index is -3.95. The van der Waals surface area contributed by atoms with Crippen molar-refractivity contribution in [2.45, 2.75) is 48.7 Å². The highest BCUT2D eigenvalue weighted by Crippen LogP contribution is 2.45. The molecule has 1 saturated carbocycles. The molecular formula is C30H29F2N3O6S. The SMILES string of the molecule is COC(=O)[C@H](Cc1ccc(NC(=O)c2c(F)cccc2F)cc1)NC(=O)[C@@H]1C2CCC(C2)N1S(=O)(=O)c1ccccc1. The molecule has 12 heteroatoms. The lowest BCUT2D eigenvalue weighted by atomic mass is 9.98. The summed E-state index contributed by atoms with van der Waals surface area (Å²) >= 11 is 0. The fraction of sp³-hybridized carbons (Fsp3) is 0.300. The van der Waals surface area contributed by atoms with E-state index in [2.05, 4.69) is 10.6 Å². The van der Waals surface area contributed by atoms with Crippen molar-refractivity contribution in [1.29, 1.82) is 0 Å². The maximum Gasteiger partial charge on any atom is 0.328 e. The molecule has 3 aromatic carbocycles. The van der Waals surface area contributed by atoms with Gasteiger partial charge < -0.3 is 15.4 Å². The molecule has 1 aliphatic carbocycles. The lowest BCUT2D eigenvalue weighted by Gasteiger charge is -2.34. The van der Waals surface area contributed by atoms with Crippen molar-refractivity contribution in [3.05, 3.63) is 95.6 Å². The Bertz CT molecular complexity index is 1580. The number of halogens is 2. The van der Waals surface area contributed by atoms with E-state index in [1.807, 2.05) is 0 Å². The van der Waals surface area contributed by atoms with Crippen molar-refractivity contribution in [3.8, 4) is 0 Å². The molecule has 0 aromatic heterocycles. The zero-order valence-electron chi connectivity index (χ0n) is 22.6. The Labute approximate surface area is 241 Å². The number of nitrogens with zero attached hydrogens (tertiary/aromatic N) is 1. The second-order valence-corrected chi connectivity index (χ2v) is 12.2. The van der Waals surface area contributed by atoms with Crippen LogP contribution in [0.1, 0.15) is 35.2 Å². The van der Waals surface area contributed by atoms with E-state index < -0.39 is 57.1 Å². The lowest BCUT2D eigenvalue weighted by Crippen LogP contribution is -2.56. The van der Waals surface area contributed by atoms with Gasteiger partial charge in [0.05, 0.1) is 12.0 Å². The number of benzene rings is 3. The number of fused-ring (bicyclic) bond motifs is 2. The molecule has 220 valence electrons. The van der Waals surface area contributed by atoms with E-state index in [-0.39, 0.29) is 29.0 Å². The number of rotatable bonds is 9. The Balaban J connectivity index is 1.30. The van der Waals surface area contributed by atoms with Crippen LogP contribution in [0.3, 0.4) is 0 Å². The van der Waals surface area contributed by atoms with Crippen molar-refractivity contribution in [2.24, 2.45) is 5.92 Å². The zero-order valence-corrected chi connectivity index (χ0v) is 23.4. The van der Waals surface area contributed by atoms with Crippen molar-refractivity contribution in [3.63, 3.8) is 0 Å². The highest BCUT2D eigenvalue weighted by molar-refractivity contribution is 7.89. The Hall–Kier alpha value is -4.16. The van der Waals surface area contributed by atoms with E-state index >= 15 is 0 Å². The van der Waals surface area contributed by atoms with E-state index in [0.717, 1.165) is 18.2 Å². The van der Waals surface area contributed by atoms with Gasteiger partial charge in [-0.05, 0) is 67.1 Å². The molecule has 2 fully saturated rings. The molecule has 4 atom stereocenters. The van der Waals surface area contributed by atoms with Crippen LogP contribution < -0.4 is 10.6 Å². The summed E-state index contributed by atoms with van der Waals surface area (Å²) in [7, 11) is -2.76. The number of hydrogen-bond donors (Lipinski definition) is 2. The number of anilines is 1. The average Bonchev–Trinajstić information content (AvgIpc) is 3.60. The Morgan fingerprint density at radius 2 is 1.62 bits per heavy atom. The summed E-state index contributed by atoms with van der Waals surface area (Å²) in [6.07, 6.45) is 1.95. The van der Waals surface area contributed by atoms with E-state index in [4.69, 9.17) is 4.74 Å². The molecule has 2 amide bonds. The molecule has 2 bridgehead atoms. The number of nitrogens with one attached hydrogen (secondary N) is 2. The van der Waals surface area contributed by atoms with Gasteiger partial charge in [-0.15, -0.1) is 0 Å². The molecule has 1 heterocycles. The minimum Gasteiger partial charge on any atom is -0.467 e. The maximum atomic E-state index is 13.9. The molecule has 0 spiro atoms. The van der Waals surface area contributed by atoms with Gasteiger partial charge in [0.2, 0.25) is 15.9 Å². The molecule has 2 unspecified atom stereocenters. The Morgan fingerprint density at radius 1 is 0.952 bits per heavy atom. The zero-order chi connectivity index (χ0) is 30.0. The molecule has 1 aliphatic heterocycles. The topological polar surface area (TPSA) is 122 Å². The summed E-state index contributed by atoms with van der Waals surface area (Å²) in [6.45, 7) is 0. The van der Waals surface area contributed by atoms with Crippen LogP contribution in [0.5, 0.6) is 0 Å². The third-order valence-corrected chi connectivity index (χ3v) is 9.71. The highest BCUT2D eigenvalue weighted by Gasteiger charge is 2.54. The summed E-state index contributed by atoms with van der Waals surface area (Å²) in [5.41, 5.74) is 0.134. The largest absolute Gasteiger partial charge is 0.467 e. The molecule has 9 nitrogen and oxygen atoms in total. The molecule has 5 rings (SSSR count). The molecule has 0 radical (unpaired) electrons. The van der Waals surface area contributed by atoms with Gasteiger partial charge in [-0.3, -0.25) is 9.59 Å². The molecular weight excluding hydrogens is 568 g/mol. The molecule has 1 saturated heterocycles. The van der Waals surface area contributed by atoms with Crippen molar-refractivity contribution >= 4 is 33.5 Å². The number of carbonyl (C=O) groups is 3. The smallest absolute Gasteiger partial charge is 0.328 e. The van der Waals surface area contributed by atoms with E-state index in [1.54, 1.807) is 30.3 Å². The summed E-state index contributed by atoms with van der Waals surface area (Å²) in [5.74, 6) is -4.41. The molecule has 2 N–H and O–H groups in total. The standard InChI is InChI=1S/C30H29F2N3O6S/c1-41-30(38)25(16-18-10-13-20(14-11-18)33-28(36)26-23(31)8-5-9-24(26)32)34-29(37)27-19-12-15-21(17-19)35(27)42(39,40)22-6-3-2-4-7-22/h2-11,13-14,19,21,25,27H,12,15-17H2,1H3,(H,33,36)(H,34,37)/t19?,21?,25-,27-/m0/s1. The number of amides is 2. The Morgan fingerprint density at radius 3 is 2.26 bits per heavy atom. The molecule has 42 heavy (non-hydrogen) atoms. The first-order valence-corrected chi connectivity index (χ1v) is 14.8. The van der Waals surface area contributed by atoms with Crippen LogP contribution in [0.2, 0.25) is 0 Å². The van der Waals surface area contributed by atoms with Crippen LogP contribution in [0.25, 0.3) is 0 Å². The predicted molar refractivity (Wildman–Crippen MR) is 149 cm³/mol. The first-order chi connectivity index (χ1) is 20.1. The van der Waals surface area contributed by atoms with Crippen LogP contribution in [-0.4, -0.2) is 55.7 Å². The van der Waals surface area contributed by atoms with Gasteiger partial charge in [-0.1, -0.05) is 36.4 Å². The number of carbonyl (C=O) groups excluding carboxylic acids is 3. The van der Waals surface area contributed by atoms with Crippen molar-refractivity contribution in [1.82, 2.24) is 9.62 Å². The minimum absolute atomic E-state index is 0.0147. The van der Waals surface area contributed by atoms with Crippen LogP contribution in [0.4, 0.5) is 14.5 Å². The summed E-state index contributed by atoms with van der Waals surface area (Å²) in [4.78, 5) is 38.7. The first kappa shape index (κ1) is 29.3. The van der Waals surface area contributed by atoms with Gasteiger partial charge in [-0.2, -0.15) is 4.31 Å². The van der Waals surface area contributed by atoms with Gasteiger partial charge in [0.25, 0.3) is 5.91 Å². The van der Waals surface area contributed by atoms with Crippen LogP contribution in [0, 0.1) is 17.6 Å². The third kappa shape index (κ3) is 5.77. The number of methoxy groups -OCH3 is 1. The lowest BCUT2D eigenvalue weighted by molar-refractivity contribution is -0.145. The first-order valence-electron chi connectivity index (χ1n) is 13.4. The monoisotopic (exact) mass is 597 g/mol. The Kier molecular flexibility index (Phi) is 8.37. The number of ether oxygens (including phenoxy) is 1. The number of hydrogen-bond acceptors (Lipinski definition) is 6. The predicted octanol–water partition coefficient (Wildman–Crippen LogP) is 3.66. The maximum absolute atomic E-state index is 13.9. The quantitative estimate of drug-likeness (QED) is 0.363. The van der Waals surface area contributed by atoms with E-state index in [9.17, 15) is 31.6 Å². The van der Waals surface area contributed by atoms with Crippen LogP contribution in [-0.2, 0) is 30.8 Å². The van der Waals surface area contributed by atoms with Crippen LogP contribution in [0.15, 0.2) is 77.7 Å². The average molecular weight is 598 g/mol. The van der Waals surface area contributed by atoms with Gasteiger partial charge in [0.15, 0.2) is 0 Å². The molecule has 3 aromatic rings. The third-order valence-electron chi connectivity index (χ3n) is 7.76. The van der Waals surface area contributed by atoms with Gasteiger partial charge in [0, 0.05) is 18.2 Å². The summed E-state index contributed by atoms with van der Waals surface area (Å²) < 4.78 is 61.1. The van der Waals surface area contributed by atoms with Crippen molar-refractivity contribution in [2.75, 3.05) is 12.4 Å². The van der Waals surface area contributed by atoms with Crippen molar-refractivity contribution < 1.29 is 36.3 Å². The van der Waals surface area contributed by atoms with E-state index in [1.165, 1.54) is 35.7 Å². The summed E-state index contributed by atoms with van der Waals surface area (Å²) in [6, 6.07) is 14.8. The number of piperidine rings is 1. The second-order valence-electron chi connectivity index (χ2n) is 10.4. The summed E-state index contributed by atoms with van der Waals surface area (Å²) in [5, 5.41) is 5.13. The molecule has 2 aliphatic rings. The van der Waals surface area contributed by atoms with Gasteiger partial charge >= 0.3 is 5.97 Å². The van der Waals surface area contributed by atoms with Gasteiger partial charge in [0.1, 0.15) is 29.3 Å². The fourth-order valence-electron chi connectivity index (χ4n) is 5.79. The highest BCUT2D eigenvalue weighted by atomic mass is 32.2. The number of sulfonamides is 1. The van der Waals surface area contributed by atoms with E-state index in [0.29, 0.717) is 24.8 Å².